The summed E-state index contributed by atoms with van der Waals surface area (Å²) in [5.74, 6) is 0.149. The van der Waals surface area contributed by atoms with Gasteiger partial charge in [0.1, 0.15) is 11.4 Å². The fourth-order valence-corrected chi connectivity index (χ4v) is 2.73. The molecule has 1 heterocycles. The Kier molecular flexibility index (Phi) is 3.56. The first-order valence-electron chi connectivity index (χ1n) is 7.07. The molecular weight excluding hydrogens is 266 g/mol. The van der Waals surface area contributed by atoms with Crippen LogP contribution in [0.15, 0.2) is 35.3 Å². The van der Waals surface area contributed by atoms with Gasteiger partial charge in [0.05, 0.1) is 0 Å². The molecule has 1 atom stereocenters. The molecule has 0 saturated heterocycles. The standard InChI is InChI=1S/C16H17N3O2/c1-10-17-9-14(15(20)18-10)16(21)19-13-7-6-11-4-2-3-5-12(11)8-13/h2-5,9,13H,6-8H2,1H3,(H,19,21)(H,17,18,20)/t13-/m0/s1. The second-order valence-electron chi connectivity index (χ2n) is 5.39. The number of aromatic nitrogens is 2. The third kappa shape index (κ3) is 2.86. The summed E-state index contributed by atoms with van der Waals surface area (Å²) >= 11 is 0. The predicted molar refractivity (Wildman–Crippen MR) is 79.3 cm³/mol. The molecule has 0 aliphatic heterocycles. The average Bonchev–Trinajstić information content (AvgIpc) is 2.47. The number of carbonyl (C=O) groups is 1. The monoisotopic (exact) mass is 283 g/mol. The summed E-state index contributed by atoms with van der Waals surface area (Å²) in [5.41, 5.74) is 2.29. The Morgan fingerprint density at radius 3 is 2.86 bits per heavy atom. The van der Waals surface area contributed by atoms with E-state index in [0.29, 0.717) is 5.82 Å². The molecule has 0 bridgehead atoms. The molecule has 2 N–H and O–H groups in total. The van der Waals surface area contributed by atoms with Crippen LogP contribution < -0.4 is 10.9 Å². The molecule has 0 unspecified atom stereocenters. The number of amides is 1. The van der Waals surface area contributed by atoms with Gasteiger partial charge in [0, 0.05) is 12.2 Å². The Morgan fingerprint density at radius 1 is 1.33 bits per heavy atom. The molecule has 1 aliphatic rings. The van der Waals surface area contributed by atoms with Gasteiger partial charge in [-0.1, -0.05) is 24.3 Å². The Hall–Kier alpha value is -2.43. The minimum absolute atomic E-state index is 0.0631. The molecule has 1 amide bonds. The normalized spacial score (nSPS) is 17.1. The number of hydrogen-bond acceptors (Lipinski definition) is 3. The van der Waals surface area contributed by atoms with Gasteiger partial charge in [0.15, 0.2) is 0 Å². The maximum absolute atomic E-state index is 12.2. The summed E-state index contributed by atoms with van der Waals surface area (Å²) in [6.07, 6.45) is 3.98. The van der Waals surface area contributed by atoms with Crippen molar-refractivity contribution in [1.29, 1.82) is 0 Å². The van der Waals surface area contributed by atoms with E-state index in [-0.39, 0.29) is 17.5 Å². The number of nitrogens with one attached hydrogen (secondary N) is 2. The number of nitrogens with zero attached hydrogens (tertiary/aromatic N) is 1. The van der Waals surface area contributed by atoms with Crippen LogP contribution in [0.25, 0.3) is 0 Å². The third-order valence-corrected chi connectivity index (χ3v) is 3.85. The van der Waals surface area contributed by atoms with Crippen molar-refractivity contribution in [2.75, 3.05) is 0 Å². The van der Waals surface area contributed by atoms with E-state index >= 15 is 0 Å². The summed E-state index contributed by atoms with van der Waals surface area (Å²) in [6.45, 7) is 1.68. The zero-order valence-electron chi connectivity index (χ0n) is 11.8. The van der Waals surface area contributed by atoms with Gasteiger partial charge < -0.3 is 10.3 Å². The lowest BCUT2D eigenvalue weighted by Gasteiger charge is -2.25. The number of H-pyrrole nitrogens is 1. The molecule has 108 valence electrons. The molecule has 0 fully saturated rings. The van der Waals surface area contributed by atoms with E-state index in [1.54, 1.807) is 6.92 Å². The van der Waals surface area contributed by atoms with E-state index in [1.807, 2.05) is 12.1 Å². The summed E-state index contributed by atoms with van der Waals surface area (Å²) in [7, 11) is 0. The van der Waals surface area contributed by atoms with Crippen molar-refractivity contribution < 1.29 is 4.79 Å². The van der Waals surface area contributed by atoms with Crippen molar-refractivity contribution >= 4 is 5.91 Å². The minimum Gasteiger partial charge on any atom is -0.349 e. The first kappa shape index (κ1) is 13.5. The highest BCUT2D eigenvalue weighted by Crippen LogP contribution is 2.21. The number of aryl methyl sites for hydroxylation is 2. The van der Waals surface area contributed by atoms with Crippen molar-refractivity contribution in [3.63, 3.8) is 0 Å². The lowest BCUT2D eigenvalue weighted by atomic mass is 9.88. The van der Waals surface area contributed by atoms with Crippen LogP contribution >= 0.6 is 0 Å². The van der Waals surface area contributed by atoms with Crippen molar-refractivity contribution in [1.82, 2.24) is 15.3 Å². The SMILES string of the molecule is Cc1ncc(C(=O)N[C@H]2CCc3ccccc3C2)c(=O)[nH]1. The van der Waals surface area contributed by atoms with Crippen LogP contribution in [0, 0.1) is 6.92 Å². The number of fused-ring (bicyclic) bond motifs is 1. The quantitative estimate of drug-likeness (QED) is 0.874. The Balaban J connectivity index is 1.73. The molecule has 0 spiro atoms. The zero-order valence-corrected chi connectivity index (χ0v) is 11.8. The maximum atomic E-state index is 12.2. The summed E-state index contributed by atoms with van der Waals surface area (Å²) in [6, 6.07) is 8.33. The average molecular weight is 283 g/mol. The number of rotatable bonds is 2. The van der Waals surface area contributed by atoms with Gasteiger partial charge in [-0.2, -0.15) is 0 Å². The van der Waals surface area contributed by atoms with Crippen molar-refractivity contribution in [3.05, 3.63) is 63.3 Å². The smallest absolute Gasteiger partial charge is 0.263 e. The minimum atomic E-state index is -0.392. The topological polar surface area (TPSA) is 74.8 Å². The Morgan fingerprint density at radius 2 is 2.10 bits per heavy atom. The molecule has 3 rings (SSSR count). The van der Waals surface area contributed by atoms with Gasteiger partial charge in [-0.05, 0) is 37.3 Å². The molecule has 5 heteroatoms. The fraction of sp³-hybridized carbons (Fsp3) is 0.312. The van der Waals surface area contributed by atoms with Crippen molar-refractivity contribution in [2.24, 2.45) is 0 Å². The van der Waals surface area contributed by atoms with Gasteiger partial charge in [0.2, 0.25) is 0 Å². The largest absolute Gasteiger partial charge is 0.349 e. The van der Waals surface area contributed by atoms with Crippen LogP contribution in [0.2, 0.25) is 0 Å². The fourth-order valence-electron chi connectivity index (χ4n) is 2.73. The lowest BCUT2D eigenvalue weighted by Crippen LogP contribution is -2.41. The van der Waals surface area contributed by atoms with Crippen molar-refractivity contribution in [3.8, 4) is 0 Å². The van der Waals surface area contributed by atoms with Gasteiger partial charge >= 0.3 is 0 Å². The van der Waals surface area contributed by atoms with Crippen LogP contribution in [-0.2, 0) is 12.8 Å². The van der Waals surface area contributed by atoms with Crippen molar-refractivity contribution in [2.45, 2.75) is 32.2 Å². The summed E-state index contributed by atoms with van der Waals surface area (Å²) in [4.78, 5) is 30.5. The van der Waals surface area contributed by atoms with Gasteiger partial charge in [-0.25, -0.2) is 4.98 Å². The highest BCUT2D eigenvalue weighted by Gasteiger charge is 2.21. The molecule has 1 aliphatic carbocycles. The highest BCUT2D eigenvalue weighted by atomic mass is 16.2. The first-order chi connectivity index (χ1) is 10.1. The van der Waals surface area contributed by atoms with E-state index in [0.717, 1.165) is 19.3 Å². The van der Waals surface area contributed by atoms with E-state index in [9.17, 15) is 9.59 Å². The molecule has 1 aromatic heterocycles. The maximum Gasteiger partial charge on any atom is 0.263 e. The summed E-state index contributed by atoms with van der Waals surface area (Å²) in [5, 5.41) is 2.94. The predicted octanol–water partition coefficient (Wildman–Crippen LogP) is 1.37. The zero-order chi connectivity index (χ0) is 14.8. The molecule has 21 heavy (non-hydrogen) atoms. The molecule has 1 aromatic carbocycles. The van der Waals surface area contributed by atoms with Gasteiger partial charge in [-0.3, -0.25) is 9.59 Å². The van der Waals surface area contributed by atoms with E-state index in [2.05, 4.69) is 27.4 Å². The third-order valence-electron chi connectivity index (χ3n) is 3.85. The molecular formula is C16H17N3O2. The summed E-state index contributed by atoms with van der Waals surface area (Å²) < 4.78 is 0. The number of aromatic amines is 1. The van der Waals surface area contributed by atoms with E-state index in [1.165, 1.54) is 17.3 Å². The Bertz CT molecular complexity index is 736. The highest BCUT2D eigenvalue weighted by molar-refractivity contribution is 5.93. The van der Waals surface area contributed by atoms with Crippen LogP contribution in [0.4, 0.5) is 0 Å². The molecule has 2 aromatic rings. The molecule has 5 nitrogen and oxygen atoms in total. The second kappa shape index (κ2) is 5.52. The van der Waals surface area contributed by atoms with E-state index < -0.39 is 5.56 Å². The van der Waals surface area contributed by atoms with E-state index in [4.69, 9.17) is 0 Å². The molecule has 0 radical (unpaired) electrons. The molecule has 0 saturated carbocycles. The second-order valence-corrected chi connectivity index (χ2v) is 5.39. The van der Waals surface area contributed by atoms with Crippen LogP contribution in [0.3, 0.4) is 0 Å². The Labute approximate surface area is 122 Å². The lowest BCUT2D eigenvalue weighted by molar-refractivity contribution is 0.0931. The van der Waals surface area contributed by atoms with Gasteiger partial charge in [-0.15, -0.1) is 0 Å². The number of benzene rings is 1. The van der Waals surface area contributed by atoms with Gasteiger partial charge in [0.25, 0.3) is 11.5 Å². The van der Waals surface area contributed by atoms with Crippen LogP contribution in [-0.4, -0.2) is 21.9 Å². The number of carbonyl (C=O) groups excluding carboxylic acids is 1. The number of hydrogen-bond donors (Lipinski definition) is 2. The van der Waals surface area contributed by atoms with Crippen LogP contribution in [0.1, 0.15) is 33.7 Å². The van der Waals surface area contributed by atoms with Crippen LogP contribution in [0.5, 0.6) is 0 Å². The first-order valence-corrected chi connectivity index (χ1v) is 7.07.